The first-order valence-electron chi connectivity index (χ1n) is 7.31. The van der Waals surface area contributed by atoms with E-state index in [2.05, 4.69) is 23.5 Å². The number of nitrogens with zero attached hydrogens (tertiary/aromatic N) is 1. The fourth-order valence-corrected chi connectivity index (χ4v) is 3.08. The molecule has 0 aliphatic heterocycles. The van der Waals surface area contributed by atoms with Gasteiger partial charge in [0.2, 0.25) is 10.0 Å². The highest BCUT2D eigenvalue weighted by Gasteiger charge is 2.15. The smallest absolute Gasteiger partial charge is 0.240 e. The van der Waals surface area contributed by atoms with Crippen LogP contribution in [-0.4, -0.2) is 39.5 Å². The van der Waals surface area contributed by atoms with E-state index in [1.54, 1.807) is 18.2 Å². The van der Waals surface area contributed by atoms with Crippen LogP contribution in [0.4, 0.5) is 0 Å². The van der Waals surface area contributed by atoms with Crippen LogP contribution in [0.25, 0.3) is 0 Å². The van der Waals surface area contributed by atoms with Crippen LogP contribution in [0.1, 0.15) is 31.4 Å². The van der Waals surface area contributed by atoms with Crippen molar-refractivity contribution >= 4 is 10.0 Å². The van der Waals surface area contributed by atoms with Gasteiger partial charge in [0.15, 0.2) is 0 Å². The Balaban J connectivity index is 2.70. The van der Waals surface area contributed by atoms with E-state index in [1.165, 1.54) is 0 Å². The maximum absolute atomic E-state index is 12.3. The number of hydrogen-bond acceptors (Lipinski definition) is 4. The van der Waals surface area contributed by atoms with Gasteiger partial charge in [0.1, 0.15) is 0 Å². The van der Waals surface area contributed by atoms with E-state index < -0.39 is 10.0 Å². The Morgan fingerprint density at radius 3 is 2.62 bits per heavy atom. The van der Waals surface area contributed by atoms with Gasteiger partial charge in [-0.25, -0.2) is 13.1 Å². The van der Waals surface area contributed by atoms with Crippen LogP contribution in [0.2, 0.25) is 0 Å². The van der Waals surface area contributed by atoms with Crippen molar-refractivity contribution in [2.45, 2.75) is 44.7 Å². The van der Waals surface area contributed by atoms with Crippen molar-refractivity contribution in [1.82, 2.24) is 9.62 Å². The lowest BCUT2D eigenvalue weighted by Gasteiger charge is -2.23. The zero-order chi connectivity index (χ0) is 16.0. The fourth-order valence-electron chi connectivity index (χ4n) is 2.01. The minimum absolute atomic E-state index is 0.278. The molecule has 0 aliphatic carbocycles. The van der Waals surface area contributed by atoms with Crippen molar-refractivity contribution in [2.24, 2.45) is 5.73 Å². The molecule has 1 aromatic carbocycles. The Morgan fingerprint density at radius 2 is 2.05 bits per heavy atom. The van der Waals surface area contributed by atoms with Crippen LogP contribution < -0.4 is 10.5 Å². The number of sulfonamides is 1. The first kappa shape index (κ1) is 18.1. The quantitative estimate of drug-likeness (QED) is 0.762. The second-order valence-corrected chi connectivity index (χ2v) is 7.20. The van der Waals surface area contributed by atoms with E-state index in [-0.39, 0.29) is 4.90 Å². The number of likely N-dealkylation sites (N-methyl/N-ethyl adjacent to an activating group) is 1. The zero-order valence-electron chi connectivity index (χ0n) is 13.4. The highest BCUT2D eigenvalue weighted by Crippen LogP contribution is 2.15. The maximum Gasteiger partial charge on any atom is 0.240 e. The summed E-state index contributed by atoms with van der Waals surface area (Å²) in [5.74, 6) is 0. The molecular formula is C15H27N3O2S. The van der Waals surface area contributed by atoms with Crippen LogP contribution in [0.15, 0.2) is 23.1 Å². The van der Waals surface area contributed by atoms with Crippen molar-refractivity contribution in [3.05, 3.63) is 29.3 Å². The zero-order valence-corrected chi connectivity index (χ0v) is 14.2. The molecule has 0 aromatic heterocycles. The van der Waals surface area contributed by atoms with E-state index in [0.717, 1.165) is 17.5 Å². The van der Waals surface area contributed by atoms with Crippen molar-refractivity contribution in [3.8, 4) is 0 Å². The van der Waals surface area contributed by atoms with Gasteiger partial charge in [0.25, 0.3) is 0 Å². The van der Waals surface area contributed by atoms with Crippen LogP contribution in [0.3, 0.4) is 0 Å². The SMILES string of the molecule is CCC(C)N(C)CCNS(=O)(=O)c1ccc(C)c(CN)c1. The molecule has 21 heavy (non-hydrogen) atoms. The topological polar surface area (TPSA) is 75.4 Å². The third-order valence-corrected chi connectivity index (χ3v) is 5.41. The number of nitrogens with one attached hydrogen (secondary N) is 1. The second kappa shape index (κ2) is 7.89. The van der Waals surface area contributed by atoms with Gasteiger partial charge < -0.3 is 10.6 Å². The molecule has 0 fully saturated rings. The fraction of sp³-hybridized carbons (Fsp3) is 0.600. The Hall–Kier alpha value is -0.950. The molecule has 120 valence electrons. The van der Waals surface area contributed by atoms with E-state index >= 15 is 0 Å². The van der Waals surface area contributed by atoms with Gasteiger partial charge >= 0.3 is 0 Å². The summed E-state index contributed by atoms with van der Waals surface area (Å²) in [7, 11) is -1.47. The molecule has 1 atom stereocenters. The molecular weight excluding hydrogens is 286 g/mol. The summed E-state index contributed by atoms with van der Waals surface area (Å²) >= 11 is 0. The number of benzene rings is 1. The van der Waals surface area contributed by atoms with Gasteiger partial charge in [-0.3, -0.25) is 0 Å². The van der Waals surface area contributed by atoms with Crippen LogP contribution in [-0.2, 0) is 16.6 Å². The molecule has 0 spiro atoms. The third-order valence-electron chi connectivity index (χ3n) is 3.95. The monoisotopic (exact) mass is 313 g/mol. The van der Waals surface area contributed by atoms with E-state index in [1.807, 2.05) is 14.0 Å². The molecule has 0 heterocycles. The molecule has 5 nitrogen and oxygen atoms in total. The number of rotatable bonds is 8. The van der Waals surface area contributed by atoms with Gasteiger partial charge in [-0.15, -0.1) is 0 Å². The number of hydrogen-bond donors (Lipinski definition) is 2. The van der Waals surface area contributed by atoms with Crippen LogP contribution >= 0.6 is 0 Å². The minimum atomic E-state index is -3.47. The lowest BCUT2D eigenvalue weighted by molar-refractivity contribution is 0.256. The summed E-state index contributed by atoms with van der Waals surface area (Å²) < 4.78 is 27.2. The average Bonchev–Trinajstić information content (AvgIpc) is 2.46. The first-order valence-corrected chi connectivity index (χ1v) is 8.79. The minimum Gasteiger partial charge on any atom is -0.326 e. The summed E-state index contributed by atoms with van der Waals surface area (Å²) in [4.78, 5) is 2.42. The Kier molecular flexibility index (Phi) is 6.80. The molecule has 0 saturated heterocycles. The van der Waals surface area contributed by atoms with E-state index in [4.69, 9.17) is 5.73 Å². The van der Waals surface area contributed by atoms with Gasteiger partial charge in [-0.05, 0) is 50.6 Å². The molecule has 0 amide bonds. The number of nitrogens with two attached hydrogens (primary N) is 1. The highest BCUT2D eigenvalue weighted by atomic mass is 32.2. The molecule has 1 unspecified atom stereocenters. The Morgan fingerprint density at radius 1 is 1.38 bits per heavy atom. The molecule has 3 N–H and O–H groups in total. The predicted octanol–water partition coefficient (Wildman–Crippen LogP) is 1.46. The largest absolute Gasteiger partial charge is 0.326 e. The average molecular weight is 313 g/mol. The molecule has 6 heteroatoms. The lowest BCUT2D eigenvalue weighted by Crippen LogP contribution is -2.37. The van der Waals surface area contributed by atoms with Crippen molar-refractivity contribution in [1.29, 1.82) is 0 Å². The molecule has 0 aliphatic rings. The number of aryl methyl sites for hydroxylation is 1. The predicted molar refractivity (Wildman–Crippen MR) is 86.6 cm³/mol. The third kappa shape index (κ3) is 5.07. The lowest BCUT2D eigenvalue weighted by atomic mass is 10.1. The molecule has 0 radical (unpaired) electrons. The van der Waals surface area contributed by atoms with Crippen LogP contribution in [0, 0.1) is 6.92 Å². The van der Waals surface area contributed by atoms with Crippen molar-refractivity contribution in [2.75, 3.05) is 20.1 Å². The van der Waals surface area contributed by atoms with Gasteiger partial charge in [-0.2, -0.15) is 0 Å². The van der Waals surface area contributed by atoms with E-state index in [9.17, 15) is 8.42 Å². The standard InChI is InChI=1S/C15H27N3O2S/c1-5-13(3)18(4)9-8-17-21(19,20)15-7-6-12(2)14(10-15)11-16/h6-7,10,13,17H,5,8-9,11,16H2,1-4H3. The Bertz CT molecular complexity index is 558. The van der Waals surface area contributed by atoms with Gasteiger partial charge in [-0.1, -0.05) is 13.0 Å². The summed E-state index contributed by atoms with van der Waals surface area (Å²) in [6, 6.07) is 5.51. The van der Waals surface area contributed by atoms with Crippen molar-refractivity contribution in [3.63, 3.8) is 0 Å². The van der Waals surface area contributed by atoms with Gasteiger partial charge in [0.05, 0.1) is 4.90 Å². The molecule has 0 saturated carbocycles. The second-order valence-electron chi connectivity index (χ2n) is 5.43. The summed E-state index contributed by atoms with van der Waals surface area (Å²) in [5, 5.41) is 0. The normalized spacial score (nSPS) is 13.6. The summed E-state index contributed by atoms with van der Waals surface area (Å²) in [6.07, 6.45) is 1.04. The van der Waals surface area contributed by atoms with Crippen LogP contribution in [0.5, 0.6) is 0 Å². The maximum atomic E-state index is 12.3. The van der Waals surface area contributed by atoms with Crippen molar-refractivity contribution < 1.29 is 8.42 Å². The highest BCUT2D eigenvalue weighted by molar-refractivity contribution is 7.89. The molecule has 1 aromatic rings. The molecule has 1 rings (SSSR count). The summed E-state index contributed by atoms with van der Waals surface area (Å²) in [5.41, 5.74) is 7.49. The molecule has 0 bridgehead atoms. The van der Waals surface area contributed by atoms with Gasteiger partial charge in [0, 0.05) is 25.7 Å². The first-order chi connectivity index (χ1) is 9.81. The Labute approximate surface area is 128 Å². The van der Waals surface area contributed by atoms with E-state index in [0.29, 0.717) is 25.7 Å². The summed E-state index contributed by atoms with van der Waals surface area (Å²) in [6.45, 7) is 7.59.